The van der Waals surface area contributed by atoms with Gasteiger partial charge in [0.05, 0.1) is 11.9 Å². The van der Waals surface area contributed by atoms with Crippen LogP contribution < -0.4 is 9.62 Å². The second-order valence-electron chi connectivity index (χ2n) is 9.62. The topological polar surface area (TPSA) is 86.8 Å². The largest absolute Gasteiger partial charge is 0.355 e. The van der Waals surface area contributed by atoms with Gasteiger partial charge in [0.15, 0.2) is 0 Å². The monoisotopic (exact) mass is 647 g/mol. The van der Waals surface area contributed by atoms with Gasteiger partial charge in [0, 0.05) is 42.0 Å². The summed E-state index contributed by atoms with van der Waals surface area (Å²) in [5, 5.41) is 3.31. The molecule has 40 heavy (non-hydrogen) atoms. The van der Waals surface area contributed by atoms with Crippen molar-refractivity contribution < 1.29 is 18.0 Å². The highest BCUT2D eigenvalue weighted by Gasteiger charge is 2.30. The highest BCUT2D eigenvalue weighted by Crippen LogP contribution is 2.27. The smallest absolute Gasteiger partial charge is 0.243 e. The Morgan fingerprint density at radius 3 is 2.30 bits per heavy atom. The van der Waals surface area contributed by atoms with Gasteiger partial charge in [0.1, 0.15) is 6.04 Å². The first-order valence-corrected chi connectivity index (χ1v) is 16.1. The van der Waals surface area contributed by atoms with Gasteiger partial charge < -0.3 is 10.2 Å². The summed E-state index contributed by atoms with van der Waals surface area (Å²) in [4.78, 5) is 28.7. The molecule has 0 spiro atoms. The number of sulfonamides is 1. The highest BCUT2D eigenvalue weighted by molar-refractivity contribution is 9.10. The fourth-order valence-electron chi connectivity index (χ4n) is 4.47. The van der Waals surface area contributed by atoms with Crippen LogP contribution >= 0.6 is 27.5 Å². The molecule has 1 atom stereocenters. The predicted octanol–water partition coefficient (Wildman–Crippen LogP) is 5.73. The number of halogens is 2. The minimum Gasteiger partial charge on any atom is -0.355 e. The zero-order chi connectivity index (χ0) is 29.3. The molecule has 0 aliphatic rings. The number of anilines is 1. The van der Waals surface area contributed by atoms with Gasteiger partial charge in [-0.3, -0.25) is 13.9 Å². The molecule has 10 heteroatoms. The maximum atomic E-state index is 13.8. The van der Waals surface area contributed by atoms with Crippen molar-refractivity contribution in [3.8, 4) is 0 Å². The Balaban J connectivity index is 1.87. The summed E-state index contributed by atoms with van der Waals surface area (Å²) in [6.07, 6.45) is 1.82. The molecule has 7 nitrogen and oxygen atoms in total. The van der Waals surface area contributed by atoms with Crippen molar-refractivity contribution in [3.05, 3.63) is 99.0 Å². The third-order valence-corrected chi connectivity index (χ3v) is 8.42. The SMILES string of the molecule is CCNC(=O)[C@H](Cc1ccccc1)N(Cc1ccc(Br)cc1)C(=O)CCCN(c1cc(Cl)ccc1C)S(C)(=O)=O. The van der Waals surface area contributed by atoms with Crippen LogP contribution in [-0.2, 0) is 32.6 Å². The van der Waals surface area contributed by atoms with Gasteiger partial charge in [0.25, 0.3) is 0 Å². The normalized spacial score (nSPS) is 12.0. The van der Waals surface area contributed by atoms with Gasteiger partial charge in [-0.05, 0) is 61.2 Å². The lowest BCUT2D eigenvalue weighted by Gasteiger charge is -2.32. The average molecular weight is 649 g/mol. The molecule has 0 saturated carbocycles. The zero-order valence-corrected chi connectivity index (χ0v) is 26.1. The predicted molar refractivity (Wildman–Crippen MR) is 165 cm³/mol. The van der Waals surface area contributed by atoms with E-state index >= 15 is 0 Å². The minimum atomic E-state index is -3.62. The number of nitrogens with zero attached hydrogens (tertiary/aromatic N) is 2. The number of hydrogen-bond donors (Lipinski definition) is 1. The molecule has 0 saturated heterocycles. The Labute approximate surface area is 250 Å². The molecule has 0 heterocycles. The van der Waals surface area contributed by atoms with E-state index in [0.717, 1.165) is 27.4 Å². The number of benzene rings is 3. The fourth-order valence-corrected chi connectivity index (χ4v) is 5.91. The number of hydrogen-bond acceptors (Lipinski definition) is 4. The third-order valence-electron chi connectivity index (χ3n) is 6.48. The first kappa shape index (κ1) is 31.6. The first-order chi connectivity index (χ1) is 19.0. The number of rotatable bonds is 13. The standard InChI is InChI=1S/C30H35BrClN3O4S/c1-4-33-30(37)28(19-23-9-6-5-7-10-23)34(21-24-13-15-25(31)16-14-24)29(36)11-8-18-35(40(3,38)39)27-20-26(32)17-12-22(27)2/h5-7,9-10,12-17,20,28H,4,8,11,18-19,21H2,1-3H3,(H,33,37)/t28-/m0/s1. The molecular weight excluding hydrogens is 614 g/mol. The molecule has 0 aliphatic carbocycles. The summed E-state index contributed by atoms with van der Waals surface area (Å²) in [5.41, 5.74) is 3.06. The van der Waals surface area contributed by atoms with Crippen molar-refractivity contribution in [3.63, 3.8) is 0 Å². The van der Waals surface area contributed by atoms with Crippen LogP contribution in [0.25, 0.3) is 0 Å². The molecule has 3 rings (SSSR count). The van der Waals surface area contributed by atoms with E-state index in [0.29, 0.717) is 23.7 Å². The van der Waals surface area contributed by atoms with Crippen LogP contribution in [0.4, 0.5) is 5.69 Å². The minimum absolute atomic E-state index is 0.0624. The molecule has 0 fully saturated rings. The summed E-state index contributed by atoms with van der Waals surface area (Å²) in [6.45, 7) is 4.44. The molecule has 214 valence electrons. The van der Waals surface area contributed by atoms with E-state index < -0.39 is 16.1 Å². The maximum Gasteiger partial charge on any atom is 0.243 e. The Morgan fingerprint density at radius 1 is 1.00 bits per heavy atom. The molecule has 0 aliphatic heterocycles. The number of nitrogens with one attached hydrogen (secondary N) is 1. The quantitative estimate of drug-likeness (QED) is 0.256. The van der Waals surface area contributed by atoms with Crippen molar-refractivity contribution in [1.29, 1.82) is 0 Å². The average Bonchev–Trinajstić information content (AvgIpc) is 2.91. The van der Waals surface area contributed by atoms with Gasteiger partial charge in [-0.1, -0.05) is 76.1 Å². The maximum absolute atomic E-state index is 13.8. The number of likely N-dealkylation sites (N-methyl/N-ethyl adjacent to an activating group) is 1. The van der Waals surface area contributed by atoms with E-state index in [9.17, 15) is 18.0 Å². The lowest BCUT2D eigenvalue weighted by molar-refractivity contribution is -0.141. The molecule has 3 aromatic rings. The van der Waals surface area contributed by atoms with Crippen molar-refractivity contribution in [2.75, 3.05) is 23.7 Å². The molecule has 0 bridgehead atoms. The Morgan fingerprint density at radius 2 is 1.68 bits per heavy atom. The lowest BCUT2D eigenvalue weighted by Crippen LogP contribution is -2.50. The van der Waals surface area contributed by atoms with Crippen LogP contribution in [0.2, 0.25) is 5.02 Å². The summed E-state index contributed by atoms with van der Waals surface area (Å²) in [6, 6.07) is 21.6. The Hall–Kier alpha value is -2.88. The van der Waals surface area contributed by atoms with Gasteiger partial charge in [-0.15, -0.1) is 0 Å². The molecule has 0 aromatic heterocycles. The summed E-state index contributed by atoms with van der Waals surface area (Å²) in [5.74, 6) is -0.463. The molecular formula is C30H35BrClN3O4S. The molecule has 1 N–H and O–H groups in total. The summed E-state index contributed by atoms with van der Waals surface area (Å²) in [7, 11) is -3.62. The second kappa shape index (κ2) is 14.7. The van der Waals surface area contributed by atoms with Crippen molar-refractivity contribution >= 4 is 55.1 Å². The van der Waals surface area contributed by atoms with E-state index in [1.54, 1.807) is 23.1 Å². The van der Waals surface area contributed by atoms with Gasteiger partial charge in [-0.25, -0.2) is 8.42 Å². The van der Waals surface area contributed by atoms with Crippen molar-refractivity contribution in [1.82, 2.24) is 10.2 Å². The summed E-state index contributed by atoms with van der Waals surface area (Å²) < 4.78 is 27.6. The number of carbonyl (C=O) groups excluding carboxylic acids is 2. The molecule has 2 amide bonds. The van der Waals surface area contributed by atoms with E-state index in [4.69, 9.17) is 11.6 Å². The van der Waals surface area contributed by atoms with Gasteiger partial charge >= 0.3 is 0 Å². The second-order valence-corrected chi connectivity index (χ2v) is 12.9. The lowest BCUT2D eigenvalue weighted by atomic mass is 10.0. The molecule has 0 unspecified atom stereocenters. The summed E-state index contributed by atoms with van der Waals surface area (Å²) >= 11 is 9.60. The van der Waals surface area contributed by atoms with Crippen LogP contribution in [0, 0.1) is 6.92 Å². The van der Waals surface area contributed by atoms with E-state index in [1.807, 2.05) is 68.4 Å². The van der Waals surface area contributed by atoms with E-state index in [2.05, 4.69) is 21.2 Å². The number of aryl methyl sites for hydroxylation is 1. The van der Waals surface area contributed by atoms with E-state index in [-0.39, 0.29) is 37.7 Å². The Bertz CT molecular complexity index is 1400. The van der Waals surface area contributed by atoms with Crippen LogP contribution in [-0.4, -0.2) is 50.5 Å². The van der Waals surface area contributed by atoms with Crippen LogP contribution in [0.5, 0.6) is 0 Å². The van der Waals surface area contributed by atoms with E-state index in [1.165, 1.54) is 4.31 Å². The third kappa shape index (κ3) is 9.08. The number of amides is 2. The van der Waals surface area contributed by atoms with Gasteiger partial charge in [-0.2, -0.15) is 0 Å². The van der Waals surface area contributed by atoms with Gasteiger partial charge in [0.2, 0.25) is 21.8 Å². The van der Waals surface area contributed by atoms with Crippen LogP contribution in [0.15, 0.2) is 77.3 Å². The first-order valence-electron chi connectivity index (χ1n) is 13.1. The van der Waals surface area contributed by atoms with Crippen LogP contribution in [0.3, 0.4) is 0 Å². The molecule has 0 radical (unpaired) electrons. The van der Waals surface area contributed by atoms with Crippen molar-refractivity contribution in [2.24, 2.45) is 0 Å². The Kier molecular flexibility index (Phi) is 11.6. The van der Waals surface area contributed by atoms with Crippen molar-refractivity contribution in [2.45, 2.75) is 45.7 Å². The number of carbonyl (C=O) groups is 2. The fraction of sp³-hybridized carbons (Fsp3) is 0.333. The zero-order valence-electron chi connectivity index (χ0n) is 22.9. The van der Waals surface area contributed by atoms with Crippen LogP contribution in [0.1, 0.15) is 36.5 Å². The molecule has 3 aromatic carbocycles. The highest BCUT2D eigenvalue weighted by atomic mass is 79.9.